The molecule has 1 aromatic carbocycles. The molecule has 1 amide bonds. The maximum atomic E-state index is 11.6. The zero-order chi connectivity index (χ0) is 13.4. The lowest BCUT2D eigenvalue weighted by Crippen LogP contribution is -2.15. The van der Waals surface area contributed by atoms with Crippen LogP contribution in [0.2, 0.25) is 0 Å². The molecule has 1 heterocycles. The van der Waals surface area contributed by atoms with Crippen LogP contribution in [0.4, 0.5) is 0 Å². The highest BCUT2D eigenvalue weighted by Crippen LogP contribution is 2.25. The topological polar surface area (TPSA) is 29.1 Å². The van der Waals surface area contributed by atoms with E-state index in [0.717, 1.165) is 16.8 Å². The Kier molecular flexibility index (Phi) is 3.12. The number of allylic oxidation sites excluding steroid dienone is 1. The summed E-state index contributed by atoms with van der Waals surface area (Å²) in [7, 11) is 0. The van der Waals surface area contributed by atoms with E-state index in [4.69, 9.17) is 0 Å². The SMILES string of the molecule is CC1=C(C)/C(=C/c2c(C)cc(C)cc2C)NC1=O. The first kappa shape index (κ1) is 12.6. The molecule has 1 aliphatic heterocycles. The normalized spacial score (nSPS) is 17.6. The molecule has 94 valence electrons. The molecule has 0 aromatic heterocycles. The van der Waals surface area contributed by atoms with Crippen molar-refractivity contribution in [3.05, 3.63) is 51.2 Å². The summed E-state index contributed by atoms with van der Waals surface area (Å²) in [5, 5.41) is 2.92. The van der Waals surface area contributed by atoms with Gasteiger partial charge in [0.15, 0.2) is 0 Å². The zero-order valence-corrected chi connectivity index (χ0v) is 11.6. The quantitative estimate of drug-likeness (QED) is 0.802. The van der Waals surface area contributed by atoms with Crippen LogP contribution in [0.5, 0.6) is 0 Å². The Morgan fingerprint density at radius 1 is 0.944 bits per heavy atom. The van der Waals surface area contributed by atoms with Crippen LogP contribution in [-0.2, 0) is 4.79 Å². The van der Waals surface area contributed by atoms with Crippen LogP contribution in [-0.4, -0.2) is 5.91 Å². The highest BCUT2D eigenvalue weighted by molar-refractivity contribution is 6.00. The van der Waals surface area contributed by atoms with E-state index in [2.05, 4.69) is 44.3 Å². The third-order valence-electron chi connectivity index (χ3n) is 3.58. The Morgan fingerprint density at radius 2 is 1.50 bits per heavy atom. The van der Waals surface area contributed by atoms with Gasteiger partial charge < -0.3 is 5.32 Å². The van der Waals surface area contributed by atoms with Gasteiger partial charge in [0.25, 0.3) is 5.91 Å². The van der Waals surface area contributed by atoms with Crippen molar-refractivity contribution in [2.24, 2.45) is 0 Å². The molecule has 2 nitrogen and oxygen atoms in total. The Hall–Kier alpha value is -1.83. The van der Waals surface area contributed by atoms with Gasteiger partial charge in [0.2, 0.25) is 0 Å². The Morgan fingerprint density at radius 3 is 1.94 bits per heavy atom. The lowest BCUT2D eigenvalue weighted by atomic mass is 9.98. The van der Waals surface area contributed by atoms with Crippen LogP contribution in [0, 0.1) is 20.8 Å². The predicted octanol–water partition coefficient (Wildman–Crippen LogP) is 3.42. The van der Waals surface area contributed by atoms with Crippen molar-refractivity contribution >= 4 is 12.0 Å². The molecule has 0 saturated carbocycles. The number of carbonyl (C=O) groups is 1. The number of benzene rings is 1. The summed E-state index contributed by atoms with van der Waals surface area (Å²) in [4.78, 5) is 11.6. The van der Waals surface area contributed by atoms with Crippen molar-refractivity contribution in [2.75, 3.05) is 0 Å². The minimum atomic E-state index is 0.0150. The molecule has 2 heteroatoms. The molecule has 0 unspecified atom stereocenters. The van der Waals surface area contributed by atoms with Crippen LogP contribution in [0.1, 0.15) is 36.1 Å². The molecule has 0 spiro atoms. The molecule has 1 aliphatic rings. The van der Waals surface area contributed by atoms with Crippen LogP contribution < -0.4 is 5.32 Å². The van der Waals surface area contributed by atoms with E-state index in [1.165, 1.54) is 22.3 Å². The highest BCUT2D eigenvalue weighted by atomic mass is 16.1. The summed E-state index contributed by atoms with van der Waals surface area (Å²) in [6, 6.07) is 4.34. The monoisotopic (exact) mass is 241 g/mol. The summed E-state index contributed by atoms with van der Waals surface area (Å²) in [6.45, 7) is 10.2. The molecular formula is C16H19NO. The maximum absolute atomic E-state index is 11.6. The van der Waals surface area contributed by atoms with Gasteiger partial charge in [-0.05, 0) is 63.0 Å². The number of carbonyl (C=O) groups excluding carboxylic acids is 1. The van der Waals surface area contributed by atoms with Gasteiger partial charge in [-0.2, -0.15) is 0 Å². The number of rotatable bonds is 1. The largest absolute Gasteiger partial charge is 0.322 e. The number of aryl methyl sites for hydroxylation is 3. The third kappa shape index (κ3) is 2.10. The van der Waals surface area contributed by atoms with Gasteiger partial charge in [-0.3, -0.25) is 4.79 Å². The smallest absolute Gasteiger partial charge is 0.251 e. The highest BCUT2D eigenvalue weighted by Gasteiger charge is 2.20. The second kappa shape index (κ2) is 4.45. The van der Waals surface area contributed by atoms with Crippen LogP contribution in [0.25, 0.3) is 6.08 Å². The second-order valence-electron chi connectivity index (χ2n) is 5.07. The van der Waals surface area contributed by atoms with E-state index < -0.39 is 0 Å². The number of hydrogen-bond acceptors (Lipinski definition) is 1. The first-order valence-electron chi connectivity index (χ1n) is 6.19. The van der Waals surface area contributed by atoms with Crippen LogP contribution in [0.15, 0.2) is 29.0 Å². The van der Waals surface area contributed by atoms with E-state index in [-0.39, 0.29) is 5.91 Å². The molecular weight excluding hydrogens is 222 g/mol. The second-order valence-corrected chi connectivity index (χ2v) is 5.07. The van der Waals surface area contributed by atoms with Crippen molar-refractivity contribution in [2.45, 2.75) is 34.6 Å². The summed E-state index contributed by atoms with van der Waals surface area (Å²) in [6.07, 6.45) is 2.08. The van der Waals surface area contributed by atoms with Crippen molar-refractivity contribution in [1.29, 1.82) is 0 Å². The number of nitrogens with one attached hydrogen (secondary N) is 1. The predicted molar refractivity (Wildman–Crippen MR) is 75.1 cm³/mol. The standard InChI is InChI=1S/C16H19NO/c1-9-6-10(2)14(11(3)7-9)8-15-12(4)13(5)16(18)17-15/h6-8H,1-5H3,(H,17,18)/b15-8-. The summed E-state index contributed by atoms with van der Waals surface area (Å²) < 4.78 is 0. The lowest BCUT2D eigenvalue weighted by molar-refractivity contribution is -0.116. The van der Waals surface area contributed by atoms with E-state index >= 15 is 0 Å². The average molecular weight is 241 g/mol. The third-order valence-corrected chi connectivity index (χ3v) is 3.58. The van der Waals surface area contributed by atoms with Crippen molar-refractivity contribution < 1.29 is 4.79 Å². The van der Waals surface area contributed by atoms with Gasteiger partial charge in [0.1, 0.15) is 0 Å². The zero-order valence-electron chi connectivity index (χ0n) is 11.6. The van der Waals surface area contributed by atoms with Gasteiger partial charge in [0, 0.05) is 11.3 Å². The number of hydrogen-bond donors (Lipinski definition) is 1. The molecule has 0 saturated heterocycles. The van der Waals surface area contributed by atoms with Crippen molar-refractivity contribution in [3.63, 3.8) is 0 Å². The van der Waals surface area contributed by atoms with Crippen LogP contribution in [0.3, 0.4) is 0 Å². The lowest BCUT2D eigenvalue weighted by Gasteiger charge is -2.09. The molecule has 0 bridgehead atoms. The molecule has 0 aliphatic carbocycles. The fraction of sp³-hybridized carbons (Fsp3) is 0.312. The fourth-order valence-electron chi connectivity index (χ4n) is 2.39. The fourth-order valence-corrected chi connectivity index (χ4v) is 2.39. The van der Waals surface area contributed by atoms with E-state index in [0.29, 0.717) is 0 Å². The Balaban J connectivity index is 2.51. The van der Waals surface area contributed by atoms with Crippen molar-refractivity contribution in [1.82, 2.24) is 5.32 Å². The van der Waals surface area contributed by atoms with Crippen molar-refractivity contribution in [3.8, 4) is 0 Å². The van der Waals surface area contributed by atoms with Gasteiger partial charge in [-0.15, -0.1) is 0 Å². The molecule has 0 radical (unpaired) electrons. The molecule has 0 atom stereocenters. The van der Waals surface area contributed by atoms with Crippen LogP contribution >= 0.6 is 0 Å². The molecule has 18 heavy (non-hydrogen) atoms. The summed E-state index contributed by atoms with van der Waals surface area (Å²) >= 11 is 0. The van der Waals surface area contributed by atoms with Gasteiger partial charge in [-0.25, -0.2) is 0 Å². The minimum Gasteiger partial charge on any atom is -0.322 e. The Bertz CT molecular complexity index is 568. The molecule has 2 rings (SSSR count). The first-order valence-corrected chi connectivity index (χ1v) is 6.19. The molecule has 1 aromatic rings. The average Bonchev–Trinajstić information content (AvgIpc) is 2.51. The first-order chi connectivity index (χ1) is 8.40. The Labute approximate surface area is 108 Å². The van der Waals surface area contributed by atoms with Gasteiger partial charge in [-0.1, -0.05) is 17.7 Å². The maximum Gasteiger partial charge on any atom is 0.251 e. The molecule has 1 N–H and O–H groups in total. The van der Waals surface area contributed by atoms with Gasteiger partial charge >= 0.3 is 0 Å². The van der Waals surface area contributed by atoms with E-state index in [1.54, 1.807) is 0 Å². The van der Waals surface area contributed by atoms with E-state index in [9.17, 15) is 4.79 Å². The minimum absolute atomic E-state index is 0.0150. The van der Waals surface area contributed by atoms with E-state index in [1.807, 2.05) is 13.8 Å². The summed E-state index contributed by atoms with van der Waals surface area (Å²) in [5.41, 5.74) is 7.73. The van der Waals surface area contributed by atoms with Gasteiger partial charge in [0.05, 0.1) is 0 Å². The molecule has 0 fully saturated rings. The summed E-state index contributed by atoms with van der Waals surface area (Å²) in [5.74, 6) is 0.0150. The number of amides is 1.